The summed E-state index contributed by atoms with van der Waals surface area (Å²) in [5.41, 5.74) is 6.90. The molecule has 2 aromatic carbocycles. The average Bonchev–Trinajstić information content (AvgIpc) is 2.41. The summed E-state index contributed by atoms with van der Waals surface area (Å²) in [6, 6.07) is 12.7. The van der Waals surface area contributed by atoms with Crippen molar-refractivity contribution < 1.29 is 0 Å². The number of rotatable bonds is 2. The van der Waals surface area contributed by atoms with E-state index in [1.807, 2.05) is 0 Å². The summed E-state index contributed by atoms with van der Waals surface area (Å²) in [4.78, 5) is 2.14. The van der Waals surface area contributed by atoms with Gasteiger partial charge in [-0.1, -0.05) is 23.6 Å². The fraction of sp³-hybridized carbons (Fsp3) is 0.222. The highest BCUT2D eigenvalue weighted by Gasteiger charge is 2.10. The van der Waals surface area contributed by atoms with Gasteiger partial charge < -0.3 is 4.90 Å². The van der Waals surface area contributed by atoms with Crippen LogP contribution in [0.25, 0.3) is 0 Å². The van der Waals surface area contributed by atoms with Crippen molar-refractivity contribution >= 4 is 11.4 Å². The summed E-state index contributed by atoms with van der Waals surface area (Å²) >= 11 is 0. The lowest BCUT2D eigenvalue weighted by Crippen LogP contribution is -2.11. The van der Waals surface area contributed by atoms with Crippen molar-refractivity contribution in [1.82, 2.24) is 0 Å². The van der Waals surface area contributed by atoms with Crippen LogP contribution in [0.1, 0.15) is 22.3 Å². The van der Waals surface area contributed by atoms with E-state index < -0.39 is 0 Å². The Balaban J connectivity index is 2.49. The molecule has 0 amide bonds. The molecule has 0 bridgehead atoms. The van der Waals surface area contributed by atoms with E-state index in [0.717, 1.165) is 16.9 Å². The highest BCUT2D eigenvalue weighted by molar-refractivity contribution is 5.70. The normalized spacial score (nSPS) is 10.1. The van der Waals surface area contributed by atoms with Crippen LogP contribution in [-0.2, 0) is 0 Å². The monoisotopic (exact) mass is 249 g/mol. The minimum absolute atomic E-state index is 0.936. The van der Waals surface area contributed by atoms with Crippen molar-refractivity contribution in [3.63, 3.8) is 0 Å². The van der Waals surface area contributed by atoms with E-state index in [1.165, 1.54) is 16.7 Å². The van der Waals surface area contributed by atoms with Gasteiger partial charge in [0.1, 0.15) is 0 Å². The zero-order chi connectivity index (χ0) is 14.0. The van der Waals surface area contributed by atoms with Crippen molar-refractivity contribution in [3.8, 4) is 12.3 Å². The molecule has 1 nitrogen and oxygen atoms in total. The molecule has 2 aromatic rings. The third kappa shape index (κ3) is 2.63. The van der Waals surface area contributed by atoms with Gasteiger partial charge in [-0.3, -0.25) is 0 Å². The molecule has 0 saturated carbocycles. The Bertz CT molecular complexity index is 630. The second kappa shape index (κ2) is 5.20. The van der Waals surface area contributed by atoms with Crippen LogP contribution in [0.4, 0.5) is 11.4 Å². The van der Waals surface area contributed by atoms with E-state index in [4.69, 9.17) is 6.42 Å². The van der Waals surface area contributed by atoms with Crippen LogP contribution in [0.15, 0.2) is 36.4 Å². The molecule has 0 heterocycles. The number of anilines is 2. The first kappa shape index (κ1) is 13.2. The molecule has 0 unspecified atom stereocenters. The van der Waals surface area contributed by atoms with Gasteiger partial charge in [-0.25, -0.2) is 0 Å². The first-order valence-electron chi connectivity index (χ1n) is 6.41. The van der Waals surface area contributed by atoms with Crippen molar-refractivity contribution in [3.05, 3.63) is 58.7 Å². The van der Waals surface area contributed by atoms with Gasteiger partial charge in [-0.2, -0.15) is 0 Å². The Hall–Kier alpha value is -2.20. The Morgan fingerprint density at radius 3 is 2.11 bits per heavy atom. The number of hydrogen-bond acceptors (Lipinski definition) is 1. The molecule has 0 N–H and O–H groups in total. The molecule has 2 rings (SSSR count). The highest BCUT2D eigenvalue weighted by Crippen LogP contribution is 2.29. The zero-order valence-electron chi connectivity index (χ0n) is 12.0. The first-order chi connectivity index (χ1) is 9.02. The van der Waals surface area contributed by atoms with Crippen molar-refractivity contribution in [2.24, 2.45) is 0 Å². The maximum atomic E-state index is 5.63. The molecule has 0 radical (unpaired) electrons. The van der Waals surface area contributed by atoms with Gasteiger partial charge in [-0.15, -0.1) is 6.42 Å². The van der Waals surface area contributed by atoms with Crippen molar-refractivity contribution in [1.29, 1.82) is 0 Å². The maximum Gasteiger partial charge on any atom is 0.0569 e. The molecule has 0 aliphatic heterocycles. The molecular formula is C18H19N. The molecule has 0 fully saturated rings. The van der Waals surface area contributed by atoms with Gasteiger partial charge >= 0.3 is 0 Å². The highest BCUT2D eigenvalue weighted by atomic mass is 15.1. The lowest BCUT2D eigenvalue weighted by atomic mass is 10.0. The lowest BCUT2D eigenvalue weighted by molar-refractivity contribution is 1.18. The molecule has 96 valence electrons. The van der Waals surface area contributed by atoms with Crippen LogP contribution in [-0.4, -0.2) is 7.05 Å². The van der Waals surface area contributed by atoms with Gasteiger partial charge in [-0.05, 0) is 56.2 Å². The summed E-state index contributed by atoms with van der Waals surface area (Å²) < 4.78 is 0. The lowest BCUT2D eigenvalue weighted by Gasteiger charge is -2.22. The molecule has 0 aliphatic carbocycles. The fourth-order valence-corrected chi connectivity index (χ4v) is 2.10. The topological polar surface area (TPSA) is 3.24 Å². The summed E-state index contributed by atoms with van der Waals surface area (Å²) in [5, 5.41) is 0. The van der Waals surface area contributed by atoms with Gasteiger partial charge in [0.15, 0.2) is 0 Å². The SMILES string of the molecule is C#Cc1cc(C)c(C)cc1N(C)c1ccc(C)cc1. The summed E-state index contributed by atoms with van der Waals surface area (Å²) in [6.45, 7) is 6.29. The number of hydrogen-bond donors (Lipinski definition) is 0. The Morgan fingerprint density at radius 1 is 0.947 bits per heavy atom. The Kier molecular flexibility index (Phi) is 3.62. The second-order valence-electron chi connectivity index (χ2n) is 4.99. The van der Waals surface area contributed by atoms with Crippen LogP contribution in [0.5, 0.6) is 0 Å². The van der Waals surface area contributed by atoms with Gasteiger partial charge in [0.2, 0.25) is 0 Å². The smallest absolute Gasteiger partial charge is 0.0569 e. The molecular weight excluding hydrogens is 230 g/mol. The third-order valence-electron chi connectivity index (χ3n) is 3.55. The number of benzene rings is 2. The maximum absolute atomic E-state index is 5.63. The van der Waals surface area contributed by atoms with Crippen molar-refractivity contribution in [2.75, 3.05) is 11.9 Å². The molecule has 0 spiro atoms. The van der Waals surface area contributed by atoms with Crippen LogP contribution in [0, 0.1) is 33.1 Å². The van der Waals surface area contributed by atoms with Gasteiger partial charge in [0.05, 0.1) is 5.69 Å². The number of aryl methyl sites for hydroxylation is 3. The van der Waals surface area contributed by atoms with Crippen LogP contribution >= 0.6 is 0 Å². The van der Waals surface area contributed by atoms with E-state index in [0.29, 0.717) is 0 Å². The Labute approximate surface area is 115 Å². The van der Waals surface area contributed by atoms with Gasteiger partial charge in [0.25, 0.3) is 0 Å². The molecule has 0 aliphatic rings. The number of nitrogens with zero attached hydrogens (tertiary/aromatic N) is 1. The predicted molar refractivity (Wildman–Crippen MR) is 83.1 cm³/mol. The first-order valence-corrected chi connectivity index (χ1v) is 6.41. The van der Waals surface area contributed by atoms with E-state index in [2.05, 4.69) is 75.0 Å². The van der Waals surface area contributed by atoms with Crippen LogP contribution in [0.3, 0.4) is 0 Å². The summed E-state index contributed by atoms with van der Waals surface area (Å²) in [7, 11) is 2.05. The molecule has 0 saturated heterocycles. The quantitative estimate of drug-likeness (QED) is 0.715. The van der Waals surface area contributed by atoms with Crippen LogP contribution < -0.4 is 4.90 Å². The van der Waals surface area contributed by atoms with E-state index in [1.54, 1.807) is 0 Å². The molecule has 1 heteroatoms. The zero-order valence-corrected chi connectivity index (χ0v) is 12.0. The number of terminal acetylenes is 1. The predicted octanol–water partition coefficient (Wildman–Crippen LogP) is 4.36. The fourth-order valence-electron chi connectivity index (χ4n) is 2.10. The summed E-state index contributed by atoms with van der Waals surface area (Å²) in [5.74, 6) is 2.78. The van der Waals surface area contributed by atoms with E-state index >= 15 is 0 Å². The van der Waals surface area contributed by atoms with Gasteiger partial charge in [0, 0.05) is 18.3 Å². The molecule has 19 heavy (non-hydrogen) atoms. The third-order valence-corrected chi connectivity index (χ3v) is 3.55. The molecule has 0 atom stereocenters. The molecule has 0 aromatic heterocycles. The van der Waals surface area contributed by atoms with E-state index in [-0.39, 0.29) is 0 Å². The second-order valence-corrected chi connectivity index (χ2v) is 4.99. The minimum Gasteiger partial charge on any atom is -0.344 e. The summed E-state index contributed by atoms with van der Waals surface area (Å²) in [6.07, 6.45) is 5.63. The Morgan fingerprint density at radius 2 is 1.53 bits per heavy atom. The largest absolute Gasteiger partial charge is 0.344 e. The van der Waals surface area contributed by atoms with Crippen LogP contribution in [0.2, 0.25) is 0 Å². The minimum atomic E-state index is 0.936. The van der Waals surface area contributed by atoms with E-state index in [9.17, 15) is 0 Å². The van der Waals surface area contributed by atoms with Crippen molar-refractivity contribution in [2.45, 2.75) is 20.8 Å². The average molecular weight is 249 g/mol. The standard InChI is InChI=1S/C18H19N/c1-6-16-11-14(3)15(4)12-18(16)19(5)17-9-7-13(2)8-10-17/h1,7-12H,2-5H3.